The summed E-state index contributed by atoms with van der Waals surface area (Å²) >= 11 is 0. The Morgan fingerprint density at radius 1 is 1.56 bits per heavy atom. The van der Waals surface area contributed by atoms with Crippen molar-refractivity contribution >= 4 is 24.1 Å². The first-order chi connectivity index (χ1) is 7.13. The van der Waals surface area contributed by atoms with E-state index in [2.05, 4.69) is 29.6 Å². The molecule has 0 aromatic carbocycles. The molecule has 2 N–H and O–H groups in total. The van der Waals surface area contributed by atoms with Gasteiger partial charge in [0.1, 0.15) is 5.82 Å². The Labute approximate surface area is 102 Å². The number of rotatable bonds is 5. The van der Waals surface area contributed by atoms with Crippen LogP contribution in [0.15, 0.2) is 12.3 Å². The fourth-order valence-electron chi connectivity index (χ4n) is 1.28. The molecular weight excluding hydrogens is 228 g/mol. The first-order valence-corrected chi connectivity index (χ1v) is 5.09. The van der Waals surface area contributed by atoms with Crippen molar-refractivity contribution in [2.75, 3.05) is 18.9 Å². The fourth-order valence-corrected chi connectivity index (χ4v) is 1.28. The lowest BCUT2D eigenvalue weighted by Gasteiger charge is -2.10. The zero-order chi connectivity index (χ0) is 11.3. The third-order valence-electron chi connectivity index (χ3n) is 1.86. The SMILES string of the molecule is CNCC(=O)Nc1ccnn1CC(C)C.Cl. The maximum atomic E-state index is 11.3. The van der Waals surface area contributed by atoms with Gasteiger partial charge in [-0.1, -0.05) is 13.8 Å². The highest BCUT2D eigenvalue weighted by atomic mass is 35.5. The average molecular weight is 247 g/mol. The molecule has 92 valence electrons. The molecule has 1 aromatic rings. The van der Waals surface area contributed by atoms with Gasteiger partial charge in [0.05, 0.1) is 12.7 Å². The van der Waals surface area contributed by atoms with Crippen LogP contribution in [0.25, 0.3) is 0 Å². The number of carbonyl (C=O) groups is 1. The summed E-state index contributed by atoms with van der Waals surface area (Å²) in [5.41, 5.74) is 0. The quantitative estimate of drug-likeness (QED) is 0.819. The van der Waals surface area contributed by atoms with Gasteiger partial charge in [0.15, 0.2) is 0 Å². The van der Waals surface area contributed by atoms with E-state index in [9.17, 15) is 4.79 Å². The molecule has 0 unspecified atom stereocenters. The molecule has 0 aliphatic carbocycles. The number of amides is 1. The lowest BCUT2D eigenvalue weighted by atomic mass is 10.2. The van der Waals surface area contributed by atoms with E-state index >= 15 is 0 Å². The molecule has 1 aromatic heterocycles. The highest BCUT2D eigenvalue weighted by molar-refractivity contribution is 5.91. The van der Waals surface area contributed by atoms with Gasteiger partial charge < -0.3 is 10.6 Å². The van der Waals surface area contributed by atoms with Crippen molar-refractivity contribution in [3.8, 4) is 0 Å². The molecule has 0 fully saturated rings. The number of hydrogen-bond acceptors (Lipinski definition) is 3. The summed E-state index contributed by atoms with van der Waals surface area (Å²) in [4.78, 5) is 11.3. The van der Waals surface area contributed by atoms with Crippen molar-refractivity contribution in [3.63, 3.8) is 0 Å². The maximum Gasteiger partial charge on any atom is 0.239 e. The van der Waals surface area contributed by atoms with E-state index in [0.717, 1.165) is 12.4 Å². The van der Waals surface area contributed by atoms with Gasteiger partial charge >= 0.3 is 0 Å². The Kier molecular flexibility index (Phi) is 6.76. The lowest BCUT2D eigenvalue weighted by Crippen LogP contribution is -2.26. The molecule has 0 atom stereocenters. The number of aromatic nitrogens is 2. The minimum Gasteiger partial charge on any atom is -0.311 e. The number of carbonyl (C=O) groups excluding carboxylic acids is 1. The maximum absolute atomic E-state index is 11.3. The van der Waals surface area contributed by atoms with E-state index in [-0.39, 0.29) is 18.3 Å². The summed E-state index contributed by atoms with van der Waals surface area (Å²) in [6, 6.07) is 1.80. The second kappa shape index (κ2) is 7.24. The number of halogens is 1. The van der Waals surface area contributed by atoms with Crippen molar-refractivity contribution < 1.29 is 4.79 Å². The Hall–Kier alpha value is -1.07. The van der Waals surface area contributed by atoms with Gasteiger partial charge in [0.2, 0.25) is 5.91 Å². The topological polar surface area (TPSA) is 59.0 Å². The second-order valence-corrected chi connectivity index (χ2v) is 3.87. The lowest BCUT2D eigenvalue weighted by molar-refractivity contribution is -0.115. The summed E-state index contributed by atoms with van der Waals surface area (Å²) in [6.45, 7) is 5.34. The van der Waals surface area contributed by atoms with Crippen molar-refractivity contribution in [1.82, 2.24) is 15.1 Å². The summed E-state index contributed by atoms with van der Waals surface area (Å²) < 4.78 is 1.80. The van der Waals surface area contributed by atoms with Crippen molar-refractivity contribution in [2.45, 2.75) is 20.4 Å². The van der Waals surface area contributed by atoms with Crippen LogP contribution in [0.3, 0.4) is 0 Å². The Balaban J connectivity index is 0.00000225. The highest BCUT2D eigenvalue weighted by Gasteiger charge is 2.07. The first-order valence-electron chi connectivity index (χ1n) is 5.09. The number of anilines is 1. The monoisotopic (exact) mass is 246 g/mol. The van der Waals surface area contributed by atoms with Crippen LogP contribution in [0.5, 0.6) is 0 Å². The normalized spacial score (nSPS) is 10.0. The number of hydrogen-bond donors (Lipinski definition) is 2. The van der Waals surface area contributed by atoms with E-state index in [1.54, 1.807) is 24.0 Å². The minimum absolute atomic E-state index is 0. The van der Waals surface area contributed by atoms with Gasteiger partial charge in [-0.3, -0.25) is 4.79 Å². The molecule has 6 heteroatoms. The van der Waals surface area contributed by atoms with E-state index in [1.807, 2.05) is 0 Å². The summed E-state index contributed by atoms with van der Waals surface area (Å²) in [7, 11) is 1.74. The van der Waals surface area contributed by atoms with Crippen LogP contribution >= 0.6 is 12.4 Å². The molecule has 0 spiro atoms. The van der Waals surface area contributed by atoms with Gasteiger partial charge in [0, 0.05) is 12.6 Å². The summed E-state index contributed by atoms with van der Waals surface area (Å²) in [5.74, 6) is 1.21. The molecular formula is C10H19ClN4O. The molecule has 0 aliphatic rings. The Morgan fingerprint density at radius 2 is 2.25 bits per heavy atom. The zero-order valence-electron chi connectivity index (χ0n) is 9.86. The number of likely N-dealkylation sites (N-methyl/N-ethyl adjacent to an activating group) is 1. The smallest absolute Gasteiger partial charge is 0.239 e. The molecule has 0 radical (unpaired) electrons. The van der Waals surface area contributed by atoms with Crippen LogP contribution in [0.2, 0.25) is 0 Å². The third kappa shape index (κ3) is 4.63. The van der Waals surface area contributed by atoms with Gasteiger partial charge in [-0.2, -0.15) is 5.10 Å². The fraction of sp³-hybridized carbons (Fsp3) is 0.600. The molecule has 0 bridgehead atoms. The van der Waals surface area contributed by atoms with Crippen LogP contribution < -0.4 is 10.6 Å². The van der Waals surface area contributed by atoms with E-state index < -0.39 is 0 Å². The molecule has 0 saturated heterocycles. The van der Waals surface area contributed by atoms with E-state index in [0.29, 0.717) is 12.5 Å². The van der Waals surface area contributed by atoms with Crippen molar-refractivity contribution in [3.05, 3.63) is 12.3 Å². The molecule has 0 saturated carbocycles. The standard InChI is InChI=1S/C10H18N4O.ClH/c1-8(2)7-14-9(4-5-12-14)13-10(15)6-11-3;/h4-5,8,11H,6-7H2,1-3H3,(H,13,15);1H. The predicted octanol–water partition coefficient (Wildman–Crippen LogP) is 1.12. The average Bonchev–Trinajstić information content (AvgIpc) is 2.52. The minimum atomic E-state index is -0.0528. The highest BCUT2D eigenvalue weighted by Crippen LogP contribution is 2.08. The van der Waals surface area contributed by atoms with Crippen LogP contribution in [-0.4, -0.2) is 29.3 Å². The number of nitrogens with one attached hydrogen (secondary N) is 2. The predicted molar refractivity (Wildman–Crippen MR) is 66.9 cm³/mol. The van der Waals surface area contributed by atoms with Crippen LogP contribution in [-0.2, 0) is 11.3 Å². The van der Waals surface area contributed by atoms with Crippen LogP contribution in [0, 0.1) is 5.92 Å². The van der Waals surface area contributed by atoms with Gasteiger partial charge in [-0.25, -0.2) is 4.68 Å². The zero-order valence-corrected chi connectivity index (χ0v) is 10.7. The van der Waals surface area contributed by atoms with Crippen LogP contribution in [0.4, 0.5) is 5.82 Å². The third-order valence-corrected chi connectivity index (χ3v) is 1.86. The summed E-state index contributed by atoms with van der Waals surface area (Å²) in [5, 5.41) is 9.75. The number of nitrogens with zero attached hydrogens (tertiary/aromatic N) is 2. The van der Waals surface area contributed by atoms with Crippen molar-refractivity contribution in [2.24, 2.45) is 5.92 Å². The second-order valence-electron chi connectivity index (χ2n) is 3.87. The molecule has 5 nitrogen and oxygen atoms in total. The van der Waals surface area contributed by atoms with Gasteiger partial charge in [-0.15, -0.1) is 12.4 Å². The summed E-state index contributed by atoms with van der Waals surface area (Å²) in [6.07, 6.45) is 1.69. The van der Waals surface area contributed by atoms with Crippen molar-refractivity contribution in [1.29, 1.82) is 0 Å². The molecule has 0 aliphatic heterocycles. The molecule has 1 amide bonds. The first kappa shape index (κ1) is 14.9. The molecule has 16 heavy (non-hydrogen) atoms. The van der Waals surface area contributed by atoms with Gasteiger partial charge in [-0.05, 0) is 13.0 Å². The van der Waals surface area contributed by atoms with Gasteiger partial charge in [0.25, 0.3) is 0 Å². The Bertz CT molecular complexity index is 324. The van der Waals surface area contributed by atoms with E-state index in [4.69, 9.17) is 0 Å². The Morgan fingerprint density at radius 3 is 2.81 bits per heavy atom. The van der Waals surface area contributed by atoms with Crippen LogP contribution in [0.1, 0.15) is 13.8 Å². The largest absolute Gasteiger partial charge is 0.311 e. The molecule has 1 heterocycles. The van der Waals surface area contributed by atoms with E-state index in [1.165, 1.54) is 0 Å². The molecule has 1 rings (SSSR count).